The minimum absolute atomic E-state index is 0.382. The average Bonchev–Trinajstić information content (AvgIpc) is 2.97. The molecule has 1 aliphatic carbocycles. The van der Waals surface area contributed by atoms with Crippen LogP contribution in [-0.2, 0) is 6.54 Å². The van der Waals surface area contributed by atoms with Crippen molar-refractivity contribution in [3.05, 3.63) is 44.3 Å². The molecule has 102 valence electrons. The van der Waals surface area contributed by atoms with Crippen LogP contribution in [-0.4, -0.2) is 17.5 Å². The SMILES string of the molecule is Cc1ccsc1C(CN)N(Cc1ccsc1)C1CC1. The van der Waals surface area contributed by atoms with Crippen molar-refractivity contribution >= 4 is 22.7 Å². The molecule has 2 N–H and O–H groups in total. The second kappa shape index (κ2) is 5.75. The molecule has 4 heteroatoms. The van der Waals surface area contributed by atoms with Crippen LogP contribution in [0.2, 0.25) is 0 Å². The third kappa shape index (κ3) is 2.92. The summed E-state index contributed by atoms with van der Waals surface area (Å²) in [6.45, 7) is 3.94. The summed E-state index contributed by atoms with van der Waals surface area (Å²) in [4.78, 5) is 4.06. The molecule has 2 aromatic rings. The van der Waals surface area contributed by atoms with Gasteiger partial charge in [0.25, 0.3) is 0 Å². The van der Waals surface area contributed by atoms with Crippen LogP contribution in [0.15, 0.2) is 28.3 Å². The highest BCUT2D eigenvalue weighted by molar-refractivity contribution is 7.10. The van der Waals surface area contributed by atoms with E-state index in [-0.39, 0.29) is 0 Å². The molecule has 0 aromatic carbocycles. The Morgan fingerprint density at radius 3 is 2.74 bits per heavy atom. The molecule has 1 fully saturated rings. The summed E-state index contributed by atoms with van der Waals surface area (Å²) in [5.74, 6) is 0. The van der Waals surface area contributed by atoms with Crippen LogP contribution in [0.3, 0.4) is 0 Å². The Morgan fingerprint density at radius 2 is 2.21 bits per heavy atom. The quantitative estimate of drug-likeness (QED) is 0.878. The molecule has 3 rings (SSSR count). The topological polar surface area (TPSA) is 29.3 Å². The molecule has 0 amide bonds. The first-order valence-electron chi connectivity index (χ1n) is 6.80. The first-order valence-corrected chi connectivity index (χ1v) is 8.62. The van der Waals surface area contributed by atoms with Crippen LogP contribution in [0.1, 0.15) is 34.9 Å². The van der Waals surface area contributed by atoms with Crippen LogP contribution >= 0.6 is 22.7 Å². The predicted octanol–water partition coefficient (Wildman–Crippen LogP) is 3.78. The van der Waals surface area contributed by atoms with E-state index in [1.54, 1.807) is 11.3 Å². The summed E-state index contributed by atoms with van der Waals surface area (Å²) in [7, 11) is 0. The van der Waals surface area contributed by atoms with Crippen molar-refractivity contribution in [2.75, 3.05) is 6.54 Å². The molecule has 0 saturated heterocycles. The molecule has 1 atom stereocenters. The third-order valence-electron chi connectivity index (χ3n) is 3.79. The first-order chi connectivity index (χ1) is 9.29. The number of thiophene rings is 2. The van der Waals surface area contributed by atoms with E-state index in [1.807, 2.05) is 11.3 Å². The number of hydrogen-bond donors (Lipinski definition) is 1. The van der Waals surface area contributed by atoms with E-state index in [9.17, 15) is 0 Å². The molecule has 0 spiro atoms. The molecule has 0 radical (unpaired) electrons. The Morgan fingerprint density at radius 1 is 1.37 bits per heavy atom. The first kappa shape index (κ1) is 13.3. The van der Waals surface area contributed by atoms with E-state index in [2.05, 4.69) is 40.1 Å². The summed E-state index contributed by atoms with van der Waals surface area (Å²) in [6, 6.07) is 5.55. The maximum absolute atomic E-state index is 6.10. The Hall–Kier alpha value is -0.680. The van der Waals surface area contributed by atoms with Crippen molar-refractivity contribution in [3.63, 3.8) is 0 Å². The van der Waals surface area contributed by atoms with E-state index in [0.29, 0.717) is 12.6 Å². The Balaban J connectivity index is 1.83. The highest BCUT2D eigenvalue weighted by atomic mass is 32.1. The molecule has 0 bridgehead atoms. The van der Waals surface area contributed by atoms with Gasteiger partial charge >= 0.3 is 0 Å². The molecule has 1 aliphatic rings. The van der Waals surface area contributed by atoms with Gasteiger partial charge in [-0.2, -0.15) is 11.3 Å². The van der Waals surface area contributed by atoms with Crippen molar-refractivity contribution in [2.24, 2.45) is 5.73 Å². The van der Waals surface area contributed by atoms with Gasteiger partial charge in [0.05, 0.1) is 6.04 Å². The van der Waals surface area contributed by atoms with Crippen LogP contribution in [0.25, 0.3) is 0 Å². The molecule has 1 saturated carbocycles. The van der Waals surface area contributed by atoms with E-state index in [0.717, 1.165) is 12.6 Å². The van der Waals surface area contributed by atoms with Crippen molar-refractivity contribution in [3.8, 4) is 0 Å². The second-order valence-corrected chi connectivity index (χ2v) is 6.98. The van der Waals surface area contributed by atoms with Gasteiger partial charge in [-0.25, -0.2) is 0 Å². The second-order valence-electron chi connectivity index (χ2n) is 5.25. The summed E-state index contributed by atoms with van der Waals surface area (Å²) in [6.07, 6.45) is 2.65. The molecule has 1 unspecified atom stereocenters. The highest BCUT2D eigenvalue weighted by Crippen LogP contribution is 2.38. The van der Waals surface area contributed by atoms with Gasteiger partial charge in [0.15, 0.2) is 0 Å². The van der Waals surface area contributed by atoms with Crippen LogP contribution in [0.5, 0.6) is 0 Å². The van der Waals surface area contributed by atoms with Gasteiger partial charge in [-0.15, -0.1) is 11.3 Å². The fourth-order valence-corrected chi connectivity index (χ4v) is 4.33. The Bertz CT molecular complexity index is 514. The molecular weight excluding hydrogens is 272 g/mol. The number of nitrogens with two attached hydrogens (primary N) is 1. The van der Waals surface area contributed by atoms with E-state index >= 15 is 0 Å². The molecule has 0 aliphatic heterocycles. The number of hydrogen-bond acceptors (Lipinski definition) is 4. The smallest absolute Gasteiger partial charge is 0.0572 e. The normalized spacial score (nSPS) is 17.0. The van der Waals surface area contributed by atoms with Crippen molar-refractivity contribution < 1.29 is 0 Å². The minimum Gasteiger partial charge on any atom is -0.329 e. The Labute approximate surface area is 122 Å². The lowest BCUT2D eigenvalue weighted by Gasteiger charge is -2.30. The van der Waals surface area contributed by atoms with Crippen molar-refractivity contribution in [1.29, 1.82) is 0 Å². The van der Waals surface area contributed by atoms with Gasteiger partial charge < -0.3 is 5.73 Å². The lowest BCUT2D eigenvalue weighted by Crippen LogP contribution is -2.34. The van der Waals surface area contributed by atoms with E-state index in [1.165, 1.54) is 28.8 Å². The van der Waals surface area contributed by atoms with Crippen molar-refractivity contribution in [1.82, 2.24) is 4.90 Å². The number of rotatable bonds is 6. The standard InChI is InChI=1S/C15H20N2S2/c1-11-4-7-19-15(11)14(8-16)17(13-2-3-13)9-12-5-6-18-10-12/h4-7,10,13-14H,2-3,8-9,16H2,1H3. The molecule has 2 aromatic heterocycles. The summed E-state index contributed by atoms with van der Waals surface area (Å²) >= 11 is 3.63. The van der Waals surface area contributed by atoms with Gasteiger partial charge in [-0.05, 0) is 59.2 Å². The van der Waals surface area contributed by atoms with Gasteiger partial charge in [-0.1, -0.05) is 0 Å². The largest absolute Gasteiger partial charge is 0.329 e. The van der Waals surface area contributed by atoms with Gasteiger partial charge in [0.2, 0.25) is 0 Å². The van der Waals surface area contributed by atoms with Gasteiger partial charge in [0, 0.05) is 24.0 Å². The lowest BCUT2D eigenvalue weighted by molar-refractivity contribution is 0.184. The summed E-state index contributed by atoms with van der Waals surface area (Å²) in [5, 5.41) is 6.60. The maximum atomic E-state index is 6.10. The fraction of sp³-hybridized carbons (Fsp3) is 0.467. The van der Waals surface area contributed by atoms with E-state index in [4.69, 9.17) is 5.73 Å². The van der Waals surface area contributed by atoms with Gasteiger partial charge in [0.1, 0.15) is 0 Å². The predicted molar refractivity (Wildman–Crippen MR) is 83.7 cm³/mol. The third-order valence-corrected chi connectivity index (χ3v) is 5.64. The monoisotopic (exact) mass is 292 g/mol. The summed E-state index contributed by atoms with van der Waals surface area (Å²) in [5.41, 5.74) is 8.90. The molecule has 2 nitrogen and oxygen atoms in total. The number of aryl methyl sites for hydroxylation is 1. The zero-order chi connectivity index (χ0) is 13.2. The van der Waals surface area contributed by atoms with Gasteiger partial charge in [-0.3, -0.25) is 4.90 Å². The number of nitrogens with zero attached hydrogens (tertiary/aromatic N) is 1. The average molecular weight is 292 g/mol. The van der Waals surface area contributed by atoms with Crippen LogP contribution in [0, 0.1) is 6.92 Å². The maximum Gasteiger partial charge on any atom is 0.0572 e. The lowest BCUT2D eigenvalue weighted by atomic mass is 10.1. The zero-order valence-corrected chi connectivity index (χ0v) is 12.8. The Kier molecular flexibility index (Phi) is 4.03. The van der Waals surface area contributed by atoms with Crippen LogP contribution in [0.4, 0.5) is 0 Å². The fourth-order valence-electron chi connectivity index (χ4n) is 2.61. The summed E-state index contributed by atoms with van der Waals surface area (Å²) < 4.78 is 0. The molecular formula is C15H20N2S2. The van der Waals surface area contributed by atoms with E-state index < -0.39 is 0 Å². The molecule has 2 heterocycles. The zero-order valence-electron chi connectivity index (χ0n) is 11.2. The molecule has 19 heavy (non-hydrogen) atoms. The van der Waals surface area contributed by atoms with Crippen molar-refractivity contribution in [2.45, 2.75) is 38.4 Å². The minimum atomic E-state index is 0.382. The van der Waals surface area contributed by atoms with Crippen LogP contribution < -0.4 is 5.73 Å². The highest BCUT2D eigenvalue weighted by Gasteiger charge is 2.35.